The van der Waals surface area contributed by atoms with Gasteiger partial charge in [0, 0.05) is 0 Å². The molecule has 2 aliphatic rings. The van der Waals surface area contributed by atoms with E-state index in [9.17, 15) is 4.79 Å². The van der Waals surface area contributed by atoms with Crippen molar-refractivity contribution in [3.8, 4) is 6.26 Å². The zero-order valence-electron chi connectivity index (χ0n) is 11.4. The van der Waals surface area contributed by atoms with Crippen LogP contribution in [0.3, 0.4) is 0 Å². The number of ether oxygens (including phenoxy) is 1. The average Bonchev–Trinajstić information content (AvgIpc) is 2.44. The molecule has 0 aromatic rings. The van der Waals surface area contributed by atoms with E-state index < -0.39 is 0 Å². The highest BCUT2D eigenvalue weighted by atomic mass is 16.5. The topological polar surface area (TPSA) is 62.4 Å². The summed E-state index contributed by atoms with van der Waals surface area (Å²) >= 11 is 0. The number of hydrogen-bond acceptors (Lipinski definition) is 4. The predicted octanol–water partition coefficient (Wildman–Crippen LogP) is 3.33. The van der Waals surface area contributed by atoms with Crippen molar-refractivity contribution in [1.82, 2.24) is 0 Å². The van der Waals surface area contributed by atoms with E-state index in [-0.39, 0.29) is 12.1 Å². The van der Waals surface area contributed by atoms with Gasteiger partial charge >= 0.3 is 0 Å². The first-order chi connectivity index (χ1) is 9.35. The molecule has 0 amide bonds. The van der Waals surface area contributed by atoms with Gasteiger partial charge < -0.3 is 4.74 Å². The molecular formula is C15H22N2O2. The van der Waals surface area contributed by atoms with Crippen LogP contribution in [-0.2, 0) is 9.53 Å². The van der Waals surface area contributed by atoms with Crippen LogP contribution in [0.25, 0.3) is 0 Å². The zero-order valence-corrected chi connectivity index (χ0v) is 11.4. The molecule has 4 nitrogen and oxygen atoms in total. The van der Waals surface area contributed by atoms with Crippen molar-refractivity contribution >= 4 is 6.08 Å². The molecule has 2 aliphatic carbocycles. The molecule has 2 fully saturated rings. The molecule has 0 spiro atoms. The summed E-state index contributed by atoms with van der Waals surface area (Å²) in [5.41, 5.74) is 0. The van der Waals surface area contributed by atoms with Gasteiger partial charge in [-0.3, -0.25) is 0 Å². The van der Waals surface area contributed by atoms with Gasteiger partial charge in [0.1, 0.15) is 6.10 Å². The first kappa shape index (κ1) is 14.1. The largest absolute Gasteiger partial charge is 0.424 e. The van der Waals surface area contributed by atoms with E-state index >= 15 is 0 Å². The van der Waals surface area contributed by atoms with Crippen LogP contribution in [0.5, 0.6) is 0 Å². The molecule has 0 heterocycles. The lowest BCUT2D eigenvalue weighted by molar-refractivity contribution is 0.0453. The second-order valence-corrected chi connectivity index (χ2v) is 5.86. The fourth-order valence-corrected chi connectivity index (χ4v) is 3.76. The minimum absolute atomic E-state index is 0.0848. The third-order valence-electron chi connectivity index (χ3n) is 4.74. The van der Waals surface area contributed by atoms with Crippen LogP contribution in [0.1, 0.15) is 57.8 Å². The SMILES string of the molecule is N#COC1CCCCC1CC1CCCCC1N=C=O. The normalized spacial score (nSPS) is 34.9. The van der Waals surface area contributed by atoms with Gasteiger partial charge in [-0.2, -0.15) is 5.26 Å². The van der Waals surface area contributed by atoms with E-state index in [1.165, 1.54) is 12.8 Å². The summed E-state index contributed by atoms with van der Waals surface area (Å²) in [6.45, 7) is 0. The third-order valence-corrected chi connectivity index (χ3v) is 4.74. The molecular weight excluding hydrogens is 240 g/mol. The summed E-state index contributed by atoms with van der Waals surface area (Å²) < 4.78 is 5.23. The number of isocyanates is 1. The Morgan fingerprint density at radius 3 is 2.47 bits per heavy atom. The maximum absolute atomic E-state index is 10.5. The van der Waals surface area contributed by atoms with Crippen LogP contribution < -0.4 is 0 Å². The molecule has 2 rings (SSSR count). The van der Waals surface area contributed by atoms with E-state index in [1.807, 2.05) is 6.26 Å². The Labute approximate surface area is 114 Å². The standard InChI is InChI=1S/C15H22N2O2/c16-10-19-15-8-4-2-6-13(15)9-12-5-1-3-7-14(12)17-11-18/h12-15H,1-9H2. The van der Waals surface area contributed by atoms with Crippen molar-refractivity contribution in [3.05, 3.63) is 0 Å². The maximum atomic E-state index is 10.5. The van der Waals surface area contributed by atoms with Crippen LogP contribution in [0.2, 0.25) is 0 Å². The van der Waals surface area contributed by atoms with Gasteiger partial charge in [0.15, 0.2) is 0 Å². The molecule has 2 saturated carbocycles. The van der Waals surface area contributed by atoms with Gasteiger partial charge in [-0.05, 0) is 50.4 Å². The summed E-state index contributed by atoms with van der Waals surface area (Å²) in [6, 6.07) is 0.149. The lowest BCUT2D eigenvalue weighted by atomic mass is 9.74. The first-order valence-electron chi connectivity index (χ1n) is 7.47. The lowest BCUT2D eigenvalue weighted by Crippen LogP contribution is -2.32. The second kappa shape index (κ2) is 7.31. The highest BCUT2D eigenvalue weighted by molar-refractivity contribution is 5.33. The molecule has 0 bridgehead atoms. The minimum atomic E-state index is 0.0848. The van der Waals surface area contributed by atoms with Gasteiger partial charge in [-0.25, -0.2) is 9.79 Å². The van der Waals surface area contributed by atoms with Crippen LogP contribution in [0, 0.1) is 23.4 Å². The molecule has 0 N–H and O–H groups in total. The molecule has 0 radical (unpaired) electrons. The summed E-state index contributed by atoms with van der Waals surface area (Å²) in [5.74, 6) is 0.934. The second-order valence-electron chi connectivity index (χ2n) is 5.86. The van der Waals surface area contributed by atoms with Crippen molar-refractivity contribution in [1.29, 1.82) is 5.26 Å². The van der Waals surface area contributed by atoms with Crippen molar-refractivity contribution in [2.75, 3.05) is 0 Å². The van der Waals surface area contributed by atoms with Crippen molar-refractivity contribution < 1.29 is 9.53 Å². The number of rotatable bonds is 4. The van der Waals surface area contributed by atoms with Gasteiger partial charge in [-0.15, -0.1) is 0 Å². The van der Waals surface area contributed by atoms with Gasteiger partial charge in [-0.1, -0.05) is 19.3 Å². The summed E-state index contributed by atoms with van der Waals surface area (Å²) in [5, 5.41) is 8.74. The van der Waals surface area contributed by atoms with Gasteiger partial charge in [0.25, 0.3) is 6.26 Å². The van der Waals surface area contributed by atoms with E-state index in [0.717, 1.165) is 44.9 Å². The summed E-state index contributed by atoms with van der Waals surface area (Å²) in [7, 11) is 0. The molecule has 104 valence electrons. The summed E-state index contributed by atoms with van der Waals surface area (Å²) in [6.07, 6.45) is 13.8. The number of hydrogen-bond donors (Lipinski definition) is 0. The fraction of sp³-hybridized carbons (Fsp3) is 0.867. The Hall–Kier alpha value is -1.33. The minimum Gasteiger partial charge on any atom is -0.424 e. The van der Waals surface area contributed by atoms with Crippen LogP contribution in [0.4, 0.5) is 0 Å². The monoisotopic (exact) mass is 262 g/mol. The Morgan fingerprint density at radius 1 is 1.05 bits per heavy atom. The van der Waals surface area contributed by atoms with E-state index in [2.05, 4.69) is 4.99 Å². The molecule has 4 heteroatoms. The smallest absolute Gasteiger partial charge is 0.286 e. The van der Waals surface area contributed by atoms with E-state index in [4.69, 9.17) is 10.00 Å². The first-order valence-corrected chi connectivity index (χ1v) is 7.47. The number of carbonyl (C=O) groups excluding carboxylic acids is 1. The molecule has 0 aliphatic heterocycles. The van der Waals surface area contributed by atoms with Gasteiger partial charge in [0.2, 0.25) is 6.08 Å². The van der Waals surface area contributed by atoms with Crippen LogP contribution >= 0.6 is 0 Å². The van der Waals surface area contributed by atoms with Crippen molar-refractivity contribution in [3.63, 3.8) is 0 Å². The predicted molar refractivity (Wildman–Crippen MR) is 70.9 cm³/mol. The van der Waals surface area contributed by atoms with Crippen LogP contribution in [-0.4, -0.2) is 18.2 Å². The highest BCUT2D eigenvalue weighted by Crippen LogP contribution is 2.37. The van der Waals surface area contributed by atoms with Gasteiger partial charge in [0.05, 0.1) is 6.04 Å². The van der Waals surface area contributed by atoms with Crippen LogP contribution in [0.15, 0.2) is 4.99 Å². The quantitative estimate of drug-likeness (QED) is 0.443. The van der Waals surface area contributed by atoms with E-state index in [1.54, 1.807) is 6.08 Å². The van der Waals surface area contributed by atoms with E-state index in [0.29, 0.717) is 11.8 Å². The number of aliphatic imine (C=N–C) groups is 1. The molecule has 4 unspecified atom stereocenters. The summed E-state index contributed by atoms with van der Waals surface area (Å²) in [4.78, 5) is 14.5. The lowest BCUT2D eigenvalue weighted by Gasteiger charge is -2.35. The Kier molecular flexibility index (Phi) is 5.42. The Balaban J connectivity index is 1.96. The van der Waals surface area contributed by atoms with Crippen molar-refractivity contribution in [2.45, 2.75) is 69.9 Å². The van der Waals surface area contributed by atoms with Crippen molar-refractivity contribution in [2.24, 2.45) is 16.8 Å². The highest BCUT2D eigenvalue weighted by Gasteiger charge is 2.33. The molecule has 4 atom stereocenters. The molecule has 0 saturated heterocycles. The average molecular weight is 262 g/mol. The number of nitrogens with zero attached hydrogens (tertiary/aromatic N) is 2. The molecule has 0 aromatic heterocycles. The Morgan fingerprint density at radius 2 is 1.74 bits per heavy atom. The molecule has 19 heavy (non-hydrogen) atoms. The number of nitriles is 1. The third kappa shape index (κ3) is 3.81. The fourth-order valence-electron chi connectivity index (χ4n) is 3.76. The zero-order chi connectivity index (χ0) is 13.5. The maximum Gasteiger partial charge on any atom is 0.286 e. The molecule has 0 aromatic carbocycles. The Bertz CT molecular complexity index is 371.